The number of esters is 1. The van der Waals surface area contributed by atoms with Gasteiger partial charge in [0.15, 0.2) is 0 Å². The lowest BCUT2D eigenvalue weighted by molar-refractivity contribution is -0.312. The minimum absolute atomic E-state index is 0.412. The third-order valence-corrected chi connectivity index (χ3v) is 2.20. The van der Waals surface area contributed by atoms with E-state index in [1.165, 1.54) is 0 Å². The van der Waals surface area contributed by atoms with Crippen LogP contribution in [0, 0.1) is 0 Å². The molecule has 8 heteroatoms. The average molecular weight is 238 g/mol. The van der Waals surface area contributed by atoms with Crippen molar-refractivity contribution in [1.82, 2.24) is 0 Å². The molecule has 0 bridgehead atoms. The van der Waals surface area contributed by atoms with Crippen molar-refractivity contribution in [1.29, 1.82) is 0 Å². The van der Waals surface area contributed by atoms with E-state index in [0.717, 1.165) is 7.11 Å². The minimum Gasteiger partial charge on any atom is -0.810 e. The van der Waals surface area contributed by atoms with Gasteiger partial charge in [-0.2, -0.15) is 0 Å². The SMILES string of the molecule is COC(=O)CC(O)CC(=O)CP(=O)([O-])[O-]. The maximum Gasteiger partial charge on any atom is 0.308 e. The number of aliphatic hydroxyl groups excluding tert-OH is 1. The number of hydrogen-bond acceptors (Lipinski definition) is 7. The molecule has 0 aliphatic carbocycles. The molecule has 0 aliphatic rings. The molecular weight excluding hydrogens is 227 g/mol. The Morgan fingerprint density at radius 3 is 2.33 bits per heavy atom. The van der Waals surface area contributed by atoms with Crippen molar-refractivity contribution in [3.8, 4) is 0 Å². The molecule has 88 valence electrons. The molecule has 7 nitrogen and oxygen atoms in total. The van der Waals surface area contributed by atoms with Crippen molar-refractivity contribution >= 4 is 19.3 Å². The third-order valence-electron chi connectivity index (χ3n) is 1.46. The summed E-state index contributed by atoms with van der Waals surface area (Å²) in [5, 5.41) is 9.10. The molecule has 0 aliphatic heterocycles. The second-order valence-electron chi connectivity index (χ2n) is 2.95. The summed E-state index contributed by atoms with van der Waals surface area (Å²) in [5.74, 6) is -1.64. The van der Waals surface area contributed by atoms with Gasteiger partial charge in [-0.1, -0.05) is 7.60 Å². The predicted molar refractivity (Wildman–Crippen MR) is 44.7 cm³/mol. The summed E-state index contributed by atoms with van der Waals surface area (Å²) < 4.78 is 14.4. The highest BCUT2D eigenvalue weighted by molar-refractivity contribution is 7.49. The number of Topliss-reactive ketones (excluding diaryl/α,β-unsaturated/α-hetero) is 1. The molecule has 0 heterocycles. The van der Waals surface area contributed by atoms with Gasteiger partial charge in [-0.15, -0.1) is 0 Å². The highest BCUT2D eigenvalue weighted by Crippen LogP contribution is 2.23. The van der Waals surface area contributed by atoms with Gasteiger partial charge in [0.25, 0.3) is 0 Å². The van der Waals surface area contributed by atoms with Crippen LogP contribution in [-0.4, -0.2) is 36.2 Å². The van der Waals surface area contributed by atoms with Gasteiger partial charge in [0.1, 0.15) is 5.78 Å². The first-order valence-electron chi connectivity index (χ1n) is 4.02. The predicted octanol–water partition coefficient (Wildman–Crippen LogP) is -2.22. The van der Waals surface area contributed by atoms with Crippen molar-refractivity contribution < 1.29 is 33.8 Å². The lowest BCUT2D eigenvalue weighted by Crippen LogP contribution is -2.25. The molecule has 0 aromatic heterocycles. The normalized spacial score (nSPS) is 13.3. The van der Waals surface area contributed by atoms with Crippen LogP contribution in [0.25, 0.3) is 0 Å². The van der Waals surface area contributed by atoms with Crippen molar-refractivity contribution in [3.05, 3.63) is 0 Å². The van der Waals surface area contributed by atoms with Crippen molar-refractivity contribution in [2.75, 3.05) is 13.3 Å². The van der Waals surface area contributed by atoms with Crippen LogP contribution in [0.2, 0.25) is 0 Å². The summed E-state index contributed by atoms with van der Waals surface area (Å²) in [7, 11) is -3.78. The average Bonchev–Trinajstić information content (AvgIpc) is 1.99. The molecule has 1 unspecified atom stereocenters. The van der Waals surface area contributed by atoms with E-state index >= 15 is 0 Å². The minimum atomic E-state index is -4.90. The van der Waals surface area contributed by atoms with Gasteiger partial charge < -0.3 is 24.2 Å². The largest absolute Gasteiger partial charge is 0.810 e. The molecule has 0 fully saturated rings. The van der Waals surface area contributed by atoms with Gasteiger partial charge >= 0.3 is 5.97 Å². The van der Waals surface area contributed by atoms with Crippen LogP contribution in [0.5, 0.6) is 0 Å². The third kappa shape index (κ3) is 8.26. The molecule has 0 rings (SSSR count). The maximum absolute atomic E-state index is 10.9. The van der Waals surface area contributed by atoms with Gasteiger partial charge in [-0.25, -0.2) is 0 Å². The topological polar surface area (TPSA) is 127 Å². The lowest BCUT2D eigenvalue weighted by atomic mass is 10.1. The van der Waals surface area contributed by atoms with E-state index < -0.39 is 44.5 Å². The molecule has 0 amide bonds. The van der Waals surface area contributed by atoms with E-state index in [-0.39, 0.29) is 0 Å². The Kier molecular flexibility index (Phi) is 5.67. The van der Waals surface area contributed by atoms with Gasteiger partial charge in [0.2, 0.25) is 0 Å². The molecule has 1 N–H and O–H groups in total. The first-order valence-corrected chi connectivity index (χ1v) is 5.75. The number of rotatable bonds is 6. The summed E-state index contributed by atoms with van der Waals surface area (Å²) in [6.45, 7) is 0. The Hall–Kier alpha value is -0.750. The fraction of sp³-hybridized carbons (Fsp3) is 0.714. The van der Waals surface area contributed by atoms with Crippen LogP contribution >= 0.6 is 7.60 Å². The number of carbonyl (C=O) groups excluding carboxylic acids is 2. The Bertz CT molecular complexity index is 281. The van der Waals surface area contributed by atoms with Gasteiger partial charge in [-0.3, -0.25) is 9.59 Å². The van der Waals surface area contributed by atoms with Gasteiger partial charge in [-0.05, 0) is 0 Å². The summed E-state index contributed by atoms with van der Waals surface area (Å²) in [5.41, 5.74) is 0. The summed E-state index contributed by atoms with van der Waals surface area (Å²) in [6.07, 6.45) is -3.43. The van der Waals surface area contributed by atoms with Crippen LogP contribution in [0.4, 0.5) is 0 Å². The number of ketones is 1. The van der Waals surface area contributed by atoms with E-state index in [4.69, 9.17) is 5.11 Å². The highest BCUT2D eigenvalue weighted by Gasteiger charge is 2.15. The fourth-order valence-corrected chi connectivity index (χ4v) is 1.45. The molecule has 0 saturated carbocycles. The Labute approximate surface area is 86.2 Å². The molecular formula is C7H11O7P-2. The van der Waals surface area contributed by atoms with Gasteiger partial charge in [0, 0.05) is 12.6 Å². The standard InChI is InChI=1S/C7H13O7P/c1-14-7(10)3-5(8)2-6(9)4-15(11,12)13/h5,8H,2-4H2,1H3,(H2,11,12,13)/p-2. The number of methoxy groups -OCH3 is 1. The Morgan fingerprint density at radius 1 is 1.40 bits per heavy atom. The van der Waals surface area contributed by atoms with E-state index in [0.29, 0.717) is 0 Å². The summed E-state index contributed by atoms with van der Waals surface area (Å²) >= 11 is 0. The van der Waals surface area contributed by atoms with Crippen LogP contribution in [0.3, 0.4) is 0 Å². The van der Waals surface area contributed by atoms with Crippen LogP contribution in [-0.2, 0) is 18.9 Å². The molecule has 0 radical (unpaired) electrons. The summed E-state index contributed by atoms with van der Waals surface area (Å²) in [6, 6.07) is 0. The van der Waals surface area contributed by atoms with E-state index in [9.17, 15) is 23.9 Å². The molecule has 1 atom stereocenters. The molecule has 0 aromatic carbocycles. The Morgan fingerprint density at radius 2 is 1.93 bits per heavy atom. The van der Waals surface area contributed by atoms with Crippen LogP contribution < -0.4 is 9.79 Å². The second-order valence-corrected chi connectivity index (χ2v) is 4.48. The quantitative estimate of drug-likeness (QED) is 0.410. The zero-order valence-corrected chi connectivity index (χ0v) is 8.94. The van der Waals surface area contributed by atoms with Crippen LogP contribution in [0.15, 0.2) is 0 Å². The van der Waals surface area contributed by atoms with E-state index in [1.807, 2.05) is 0 Å². The zero-order valence-electron chi connectivity index (χ0n) is 8.04. The van der Waals surface area contributed by atoms with E-state index in [1.54, 1.807) is 0 Å². The first-order chi connectivity index (χ1) is 6.74. The molecule has 0 aromatic rings. The lowest BCUT2D eigenvalue weighted by Gasteiger charge is -2.28. The van der Waals surface area contributed by atoms with E-state index in [2.05, 4.69) is 4.74 Å². The number of ether oxygens (including phenoxy) is 1. The van der Waals surface area contributed by atoms with Crippen molar-refractivity contribution in [2.45, 2.75) is 18.9 Å². The van der Waals surface area contributed by atoms with Crippen molar-refractivity contribution in [3.63, 3.8) is 0 Å². The molecule has 15 heavy (non-hydrogen) atoms. The number of aliphatic hydroxyl groups is 1. The summed E-state index contributed by atoms with van der Waals surface area (Å²) in [4.78, 5) is 41.8. The van der Waals surface area contributed by atoms with Gasteiger partial charge in [0.05, 0.1) is 19.6 Å². The number of hydrogen-bond donors (Lipinski definition) is 1. The smallest absolute Gasteiger partial charge is 0.308 e. The van der Waals surface area contributed by atoms with Crippen LogP contribution in [0.1, 0.15) is 12.8 Å². The maximum atomic E-state index is 10.9. The number of carbonyl (C=O) groups is 2. The molecule has 0 spiro atoms. The van der Waals surface area contributed by atoms with Crippen molar-refractivity contribution in [2.24, 2.45) is 0 Å². The first kappa shape index (κ1) is 14.2. The second kappa shape index (κ2) is 5.97. The fourth-order valence-electron chi connectivity index (χ4n) is 0.891. The Balaban J connectivity index is 3.97. The highest BCUT2D eigenvalue weighted by atomic mass is 31.2. The zero-order chi connectivity index (χ0) is 12.1. The molecule has 0 saturated heterocycles. The monoisotopic (exact) mass is 238 g/mol.